The summed E-state index contributed by atoms with van der Waals surface area (Å²) in [4.78, 5) is 22.8. The van der Waals surface area contributed by atoms with E-state index in [0.29, 0.717) is 18.8 Å². The lowest BCUT2D eigenvalue weighted by molar-refractivity contribution is -0.137. The minimum Gasteiger partial charge on any atom is -0.480 e. The van der Waals surface area contributed by atoms with E-state index in [4.69, 9.17) is 9.84 Å². The Balaban J connectivity index is 2.59. The third-order valence-electron chi connectivity index (χ3n) is 3.08. The van der Waals surface area contributed by atoms with Gasteiger partial charge in [-0.15, -0.1) is 0 Å². The number of aliphatic carboxylic acids is 1. The first kappa shape index (κ1) is 16.2. The molecule has 0 saturated carbocycles. The summed E-state index contributed by atoms with van der Waals surface area (Å²) in [6, 6.07) is 3.27. The number of rotatable bonds is 8. The van der Waals surface area contributed by atoms with Gasteiger partial charge >= 0.3 is 5.97 Å². The summed E-state index contributed by atoms with van der Waals surface area (Å²) in [5.74, 6) is -1.24. The standard InChI is InChI=1S/C14H22N2O4/c1-14(2,6-8-20-3)10-15-13(19)11-5-4-7-16(11)9-12(17)18/h4-5,7H,6,8-10H2,1-3H3,(H,15,19)(H,17,18). The number of ether oxygens (including phenoxy) is 1. The molecule has 0 aromatic carbocycles. The SMILES string of the molecule is COCCC(C)(C)CNC(=O)c1cccn1CC(=O)O. The van der Waals surface area contributed by atoms with Crippen molar-refractivity contribution in [2.45, 2.75) is 26.8 Å². The van der Waals surface area contributed by atoms with Crippen LogP contribution in [-0.4, -0.2) is 41.8 Å². The van der Waals surface area contributed by atoms with Crippen LogP contribution in [0.2, 0.25) is 0 Å². The fourth-order valence-corrected chi connectivity index (χ4v) is 1.78. The molecule has 0 fully saturated rings. The van der Waals surface area contributed by atoms with E-state index in [1.807, 2.05) is 13.8 Å². The molecule has 0 unspecified atom stereocenters. The van der Waals surface area contributed by atoms with E-state index in [9.17, 15) is 9.59 Å². The van der Waals surface area contributed by atoms with Crippen molar-refractivity contribution in [1.82, 2.24) is 9.88 Å². The number of aromatic nitrogens is 1. The number of carboxylic acid groups (broad SMARTS) is 1. The van der Waals surface area contributed by atoms with Crippen molar-refractivity contribution in [3.63, 3.8) is 0 Å². The number of nitrogens with one attached hydrogen (secondary N) is 1. The van der Waals surface area contributed by atoms with Gasteiger partial charge < -0.3 is 19.7 Å². The quantitative estimate of drug-likeness (QED) is 0.754. The Hall–Kier alpha value is -1.82. The van der Waals surface area contributed by atoms with Gasteiger partial charge in [0.25, 0.3) is 5.91 Å². The maximum Gasteiger partial charge on any atom is 0.323 e. The molecule has 0 spiro atoms. The Morgan fingerprint density at radius 1 is 1.45 bits per heavy atom. The molecule has 1 aromatic heterocycles. The topological polar surface area (TPSA) is 80.6 Å². The summed E-state index contributed by atoms with van der Waals surface area (Å²) < 4.78 is 6.45. The van der Waals surface area contributed by atoms with Crippen LogP contribution in [0.4, 0.5) is 0 Å². The van der Waals surface area contributed by atoms with Crippen LogP contribution in [0.5, 0.6) is 0 Å². The van der Waals surface area contributed by atoms with Crippen LogP contribution in [0.15, 0.2) is 18.3 Å². The molecule has 2 N–H and O–H groups in total. The predicted molar refractivity (Wildman–Crippen MR) is 74.7 cm³/mol. The predicted octanol–water partition coefficient (Wildman–Crippen LogP) is 1.37. The van der Waals surface area contributed by atoms with Crippen molar-refractivity contribution in [3.8, 4) is 0 Å². The van der Waals surface area contributed by atoms with Crippen molar-refractivity contribution in [2.24, 2.45) is 5.41 Å². The molecule has 1 heterocycles. The van der Waals surface area contributed by atoms with Crippen LogP contribution in [-0.2, 0) is 16.1 Å². The second-order valence-corrected chi connectivity index (χ2v) is 5.50. The maximum absolute atomic E-state index is 12.1. The fourth-order valence-electron chi connectivity index (χ4n) is 1.78. The first-order chi connectivity index (χ1) is 9.35. The van der Waals surface area contributed by atoms with Gasteiger partial charge in [-0.1, -0.05) is 13.8 Å². The molecule has 0 radical (unpaired) electrons. The van der Waals surface area contributed by atoms with Crippen LogP contribution < -0.4 is 5.32 Å². The van der Waals surface area contributed by atoms with Gasteiger partial charge in [-0.3, -0.25) is 9.59 Å². The van der Waals surface area contributed by atoms with Crippen LogP contribution in [0, 0.1) is 5.41 Å². The van der Waals surface area contributed by atoms with Crippen LogP contribution in [0.1, 0.15) is 30.8 Å². The molecule has 20 heavy (non-hydrogen) atoms. The zero-order chi connectivity index (χ0) is 15.2. The van der Waals surface area contributed by atoms with Gasteiger partial charge in [0.2, 0.25) is 0 Å². The molecule has 1 amide bonds. The van der Waals surface area contributed by atoms with Gasteiger partial charge in [-0.05, 0) is 24.0 Å². The monoisotopic (exact) mass is 282 g/mol. The number of amides is 1. The molecule has 0 atom stereocenters. The molecular weight excluding hydrogens is 260 g/mol. The van der Waals surface area contributed by atoms with Gasteiger partial charge in [-0.2, -0.15) is 0 Å². The smallest absolute Gasteiger partial charge is 0.323 e. The molecular formula is C14H22N2O4. The van der Waals surface area contributed by atoms with E-state index in [1.165, 1.54) is 4.57 Å². The lowest BCUT2D eigenvalue weighted by Gasteiger charge is -2.24. The summed E-state index contributed by atoms with van der Waals surface area (Å²) in [7, 11) is 1.65. The summed E-state index contributed by atoms with van der Waals surface area (Å²) >= 11 is 0. The largest absolute Gasteiger partial charge is 0.480 e. The van der Waals surface area contributed by atoms with Crippen molar-refractivity contribution in [3.05, 3.63) is 24.0 Å². The van der Waals surface area contributed by atoms with Crippen LogP contribution >= 0.6 is 0 Å². The Labute approximate surface area is 118 Å². The molecule has 1 aromatic rings. The highest BCUT2D eigenvalue weighted by Crippen LogP contribution is 2.19. The minimum atomic E-state index is -0.976. The van der Waals surface area contributed by atoms with Crippen molar-refractivity contribution >= 4 is 11.9 Å². The highest BCUT2D eigenvalue weighted by Gasteiger charge is 2.20. The molecule has 0 aliphatic carbocycles. The summed E-state index contributed by atoms with van der Waals surface area (Å²) in [6.07, 6.45) is 2.42. The normalized spacial score (nSPS) is 11.3. The van der Waals surface area contributed by atoms with E-state index < -0.39 is 5.97 Å². The Bertz CT molecular complexity index is 465. The molecule has 0 aliphatic rings. The minimum absolute atomic E-state index is 0.0735. The number of methoxy groups -OCH3 is 1. The third-order valence-corrected chi connectivity index (χ3v) is 3.08. The number of hydrogen-bond donors (Lipinski definition) is 2. The number of carbonyl (C=O) groups excluding carboxylic acids is 1. The van der Waals surface area contributed by atoms with E-state index in [-0.39, 0.29) is 17.9 Å². The van der Waals surface area contributed by atoms with Crippen molar-refractivity contribution in [2.75, 3.05) is 20.3 Å². The van der Waals surface area contributed by atoms with E-state index in [1.54, 1.807) is 25.4 Å². The lowest BCUT2D eigenvalue weighted by atomic mass is 9.89. The summed E-state index contributed by atoms with van der Waals surface area (Å²) in [5.41, 5.74) is 0.283. The molecule has 112 valence electrons. The van der Waals surface area contributed by atoms with E-state index >= 15 is 0 Å². The second kappa shape index (κ2) is 7.09. The number of hydrogen-bond acceptors (Lipinski definition) is 3. The molecule has 1 rings (SSSR count). The number of carboxylic acids is 1. The van der Waals surface area contributed by atoms with Crippen molar-refractivity contribution < 1.29 is 19.4 Å². The maximum atomic E-state index is 12.1. The van der Waals surface area contributed by atoms with Gasteiger partial charge in [0.1, 0.15) is 12.2 Å². The zero-order valence-corrected chi connectivity index (χ0v) is 12.2. The van der Waals surface area contributed by atoms with Gasteiger partial charge in [0, 0.05) is 26.5 Å². The highest BCUT2D eigenvalue weighted by molar-refractivity contribution is 5.93. The van der Waals surface area contributed by atoms with Crippen LogP contribution in [0.3, 0.4) is 0 Å². The highest BCUT2D eigenvalue weighted by atomic mass is 16.5. The lowest BCUT2D eigenvalue weighted by Crippen LogP contribution is -2.35. The Kier molecular flexibility index (Phi) is 5.76. The zero-order valence-electron chi connectivity index (χ0n) is 12.2. The third kappa shape index (κ3) is 5.05. The molecule has 6 nitrogen and oxygen atoms in total. The molecule has 0 saturated heterocycles. The van der Waals surface area contributed by atoms with Crippen molar-refractivity contribution in [1.29, 1.82) is 0 Å². The van der Waals surface area contributed by atoms with E-state index in [2.05, 4.69) is 5.32 Å². The average molecular weight is 282 g/mol. The Morgan fingerprint density at radius 2 is 2.15 bits per heavy atom. The molecule has 0 bridgehead atoms. The molecule has 0 aliphatic heterocycles. The average Bonchev–Trinajstić information content (AvgIpc) is 2.81. The summed E-state index contributed by atoms with van der Waals surface area (Å²) in [5, 5.41) is 11.6. The first-order valence-electron chi connectivity index (χ1n) is 6.50. The van der Waals surface area contributed by atoms with Gasteiger partial charge in [0.05, 0.1) is 0 Å². The first-order valence-corrected chi connectivity index (χ1v) is 6.50. The van der Waals surface area contributed by atoms with Crippen LogP contribution in [0.25, 0.3) is 0 Å². The second-order valence-electron chi connectivity index (χ2n) is 5.50. The summed E-state index contributed by atoms with van der Waals surface area (Å²) in [6.45, 7) is 5.01. The van der Waals surface area contributed by atoms with Gasteiger partial charge in [0.15, 0.2) is 0 Å². The number of nitrogens with zero attached hydrogens (tertiary/aromatic N) is 1. The Morgan fingerprint density at radius 3 is 2.75 bits per heavy atom. The molecule has 6 heteroatoms. The van der Waals surface area contributed by atoms with E-state index in [0.717, 1.165) is 6.42 Å². The fraction of sp³-hybridized carbons (Fsp3) is 0.571. The number of carbonyl (C=O) groups is 2. The van der Waals surface area contributed by atoms with Gasteiger partial charge in [-0.25, -0.2) is 0 Å².